The molecule has 2 aromatic heterocycles. The van der Waals surface area contributed by atoms with Gasteiger partial charge in [0, 0.05) is 12.1 Å². The number of thioether (sulfide) groups is 1. The first-order valence-corrected chi connectivity index (χ1v) is 8.16. The van der Waals surface area contributed by atoms with Crippen molar-refractivity contribution in [2.75, 3.05) is 16.8 Å². The van der Waals surface area contributed by atoms with Crippen molar-refractivity contribution in [2.45, 2.75) is 43.5 Å². The highest BCUT2D eigenvalue weighted by Crippen LogP contribution is 2.26. The van der Waals surface area contributed by atoms with E-state index in [1.54, 1.807) is 13.0 Å². The first-order chi connectivity index (χ1) is 11.0. The average molecular weight is 336 g/mol. The maximum Gasteiger partial charge on any atom is 0.239 e. The number of nitrogen functional groups attached to an aromatic ring is 2. The van der Waals surface area contributed by atoms with Crippen molar-refractivity contribution in [3.05, 3.63) is 17.9 Å². The summed E-state index contributed by atoms with van der Waals surface area (Å²) in [6.45, 7) is 3.82. The molecule has 0 saturated carbocycles. The fraction of sp³-hybridized carbons (Fsp3) is 0.429. The topological polar surface area (TPSA) is 133 Å². The Hall–Kier alpha value is -2.29. The van der Waals surface area contributed by atoms with E-state index in [9.17, 15) is 4.79 Å². The lowest BCUT2D eigenvalue weighted by atomic mass is 10.2. The van der Waals surface area contributed by atoms with Crippen LogP contribution in [0.1, 0.15) is 31.9 Å². The van der Waals surface area contributed by atoms with Gasteiger partial charge in [0.1, 0.15) is 17.4 Å². The number of amides is 1. The summed E-state index contributed by atoms with van der Waals surface area (Å²) in [4.78, 5) is 20.7. The van der Waals surface area contributed by atoms with Crippen molar-refractivity contribution >= 4 is 35.1 Å². The summed E-state index contributed by atoms with van der Waals surface area (Å²) in [7, 11) is 0. The number of carbonyl (C=O) groups excluding carboxylic acids is 1. The Kier molecular flexibility index (Phi) is 5.80. The molecule has 0 aliphatic rings. The molecule has 5 N–H and O–H groups in total. The van der Waals surface area contributed by atoms with E-state index in [2.05, 4.69) is 27.4 Å². The van der Waals surface area contributed by atoms with Crippen LogP contribution in [-0.4, -0.2) is 26.3 Å². The molecule has 2 aromatic rings. The van der Waals surface area contributed by atoms with Crippen LogP contribution >= 0.6 is 11.8 Å². The minimum atomic E-state index is -0.367. The van der Waals surface area contributed by atoms with Gasteiger partial charge < -0.3 is 21.3 Å². The van der Waals surface area contributed by atoms with Crippen LogP contribution in [-0.2, 0) is 4.79 Å². The number of aryl methyl sites for hydroxylation is 1. The Morgan fingerprint density at radius 2 is 2.04 bits per heavy atom. The van der Waals surface area contributed by atoms with E-state index < -0.39 is 0 Å². The zero-order valence-corrected chi connectivity index (χ0v) is 13.9. The van der Waals surface area contributed by atoms with Crippen LogP contribution in [0.3, 0.4) is 0 Å². The average Bonchev–Trinajstić information content (AvgIpc) is 2.87. The standard InChI is InChI=1S/C14H20N6O2S/c1-3-4-5-9(13(21)19-12-6-8(2)22-20-12)23-14-17-10(15)7-11(16)18-14/h6-7,9H,3-5H2,1-2H3,(H,19,20,21)(H4,15,16,17,18). The summed E-state index contributed by atoms with van der Waals surface area (Å²) >= 11 is 1.24. The monoisotopic (exact) mass is 336 g/mol. The fourth-order valence-electron chi connectivity index (χ4n) is 1.91. The quantitative estimate of drug-likeness (QED) is 0.518. The molecule has 2 rings (SSSR count). The highest BCUT2D eigenvalue weighted by Gasteiger charge is 2.22. The Morgan fingerprint density at radius 1 is 1.35 bits per heavy atom. The third-order valence-corrected chi connectivity index (χ3v) is 4.11. The van der Waals surface area contributed by atoms with Gasteiger partial charge in [-0.3, -0.25) is 4.79 Å². The van der Waals surface area contributed by atoms with Gasteiger partial charge in [0.15, 0.2) is 11.0 Å². The third-order valence-electron chi connectivity index (χ3n) is 2.98. The Bertz CT molecular complexity index is 655. The first-order valence-electron chi connectivity index (χ1n) is 7.28. The largest absolute Gasteiger partial charge is 0.383 e. The second kappa shape index (κ2) is 7.82. The van der Waals surface area contributed by atoms with Crippen molar-refractivity contribution in [1.29, 1.82) is 0 Å². The molecule has 8 nitrogen and oxygen atoms in total. The summed E-state index contributed by atoms with van der Waals surface area (Å²) in [5.74, 6) is 1.40. The van der Waals surface area contributed by atoms with Gasteiger partial charge in [0.2, 0.25) is 5.91 Å². The molecule has 0 aliphatic carbocycles. The Morgan fingerprint density at radius 3 is 2.61 bits per heavy atom. The first kappa shape index (κ1) is 17.1. The van der Waals surface area contributed by atoms with Crippen LogP contribution in [0, 0.1) is 6.92 Å². The van der Waals surface area contributed by atoms with Crippen molar-refractivity contribution < 1.29 is 9.32 Å². The van der Waals surface area contributed by atoms with Crippen molar-refractivity contribution in [3.8, 4) is 0 Å². The van der Waals surface area contributed by atoms with E-state index in [1.165, 1.54) is 17.8 Å². The zero-order valence-electron chi connectivity index (χ0n) is 13.1. The molecule has 0 saturated heterocycles. The number of nitrogens with one attached hydrogen (secondary N) is 1. The van der Waals surface area contributed by atoms with Crippen molar-refractivity contribution in [1.82, 2.24) is 15.1 Å². The molecule has 0 spiro atoms. The number of hydrogen-bond acceptors (Lipinski definition) is 8. The lowest BCUT2D eigenvalue weighted by molar-refractivity contribution is -0.115. The van der Waals surface area contributed by atoms with E-state index in [0.717, 1.165) is 12.8 Å². The number of nitrogens with zero attached hydrogens (tertiary/aromatic N) is 3. The van der Waals surface area contributed by atoms with Gasteiger partial charge in [-0.15, -0.1) is 0 Å². The van der Waals surface area contributed by atoms with Crippen LogP contribution in [0.5, 0.6) is 0 Å². The molecule has 23 heavy (non-hydrogen) atoms. The number of aromatic nitrogens is 3. The summed E-state index contributed by atoms with van der Waals surface area (Å²) in [6.07, 6.45) is 2.57. The Labute approximate surface area is 138 Å². The van der Waals surface area contributed by atoms with Gasteiger partial charge >= 0.3 is 0 Å². The molecular formula is C14H20N6O2S. The van der Waals surface area contributed by atoms with E-state index in [1.807, 2.05) is 0 Å². The van der Waals surface area contributed by atoms with E-state index in [4.69, 9.17) is 16.0 Å². The minimum Gasteiger partial charge on any atom is -0.383 e. The third kappa shape index (κ3) is 5.13. The number of carbonyl (C=O) groups is 1. The molecule has 0 aliphatic heterocycles. The molecule has 9 heteroatoms. The molecular weight excluding hydrogens is 316 g/mol. The molecule has 1 amide bonds. The number of nitrogens with two attached hydrogens (primary N) is 2. The van der Waals surface area contributed by atoms with Crippen molar-refractivity contribution in [2.24, 2.45) is 0 Å². The lowest BCUT2D eigenvalue weighted by Gasteiger charge is -2.14. The maximum atomic E-state index is 12.5. The summed E-state index contributed by atoms with van der Waals surface area (Å²) in [6, 6.07) is 3.14. The zero-order chi connectivity index (χ0) is 16.8. The smallest absolute Gasteiger partial charge is 0.239 e. The molecule has 0 fully saturated rings. The molecule has 1 atom stereocenters. The number of unbranched alkanes of at least 4 members (excludes halogenated alkanes) is 1. The van der Waals surface area contributed by atoms with Crippen LogP contribution in [0.2, 0.25) is 0 Å². The lowest BCUT2D eigenvalue weighted by Crippen LogP contribution is -2.25. The summed E-state index contributed by atoms with van der Waals surface area (Å²) < 4.78 is 4.95. The summed E-state index contributed by atoms with van der Waals surface area (Å²) in [5.41, 5.74) is 11.3. The molecule has 2 heterocycles. The molecule has 0 bridgehead atoms. The predicted molar refractivity (Wildman–Crippen MR) is 89.9 cm³/mol. The van der Waals surface area contributed by atoms with Gasteiger partial charge in [-0.25, -0.2) is 9.97 Å². The van der Waals surface area contributed by atoms with Crippen LogP contribution in [0.4, 0.5) is 17.5 Å². The number of hydrogen-bond donors (Lipinski definition) is 3. The normalized spacial score (nSPS) is 12.1. The molecule has 0 radical (unpaired) electrons. The maximum absolute atomic E-state index is 12.5. The molecule has 0 aromatic carbocycles. The van der Waals surface area contributed by atoms with Gasteiger partial charge in [0.05, 0.1) is 5.25 Å². The SMILES string of the molecule is CCCCC(Sc1nc(N)cc(N)n1)C(=O)Nc1cc(C)on1. The fourth-order valence-corrected chi connectivity index (χ4v) is 2.93. The van der Waals surface area contributed by atoms with Crippen LogP contribution in [0.25, 0.3) is 0 Å². The molecule has 124 valence electrons. The van der Waals surface area contributed by atoms with Gasteiger partial charge in [-0.1, -0.05) is 36.7 Å². The molecule has 1 unspecified atom stereocenters. The van der Waals surface area contributed by atoms with Gasteiger partial charge in [0.25, 0.3) is 0 Å². The second-order valence-corrected chi connectivity index (χ2v) is 6.23. The minimum absolute atomic E-state index is 0.179. The number of anilines is 3. The van der Waals surface area contributed by atoms with E-state index in [-0.39, 0.29) is 22.8 Å². The van der Waals surface area contributed by atoms with Crippen LogP contribution in [0.15, 0.2) is 21.8 Å². The van der Waals surface area contributed by atoms with Gasteiger partial charge in [-0.05, 0) is 13.3 Å². The highest BCUT2D eigenvalue weighted by atomic mass is 32.2. The van der Waals surface area contributed by atoms with Gasteiger partial charge in [-0.2, -0.15) is 0 Å². The second-order valence-electron chi connectivity index (χ2n) is 5.06. The number of rotatable bonds is 7. The van der Waals surface area contributed by atoms with Crippen molar-refractivity contribution in [3.63, 3.8) is 0 Å². The summed E-state index contributed by atoms with van der Waals surface area (Å²) in [5, 5.41) is 6.52. The van der Waals surface area contributed by atoms with Crippen LogP contribution < -0.4 is 16.8 Å². The van der Waals surface area contributed by atoms with E-state index >= 15 is 0 Å². The van der Waals surface area contributed by atoms with E-state index in [0.29, 0.717) is 23.2 Å². The Balaban J connectivity index is 2.10. The highest BCUT2D eigenvalue weighted by molar-refractivity contribution is 8.00. The predicted octanol–water partition coefficient (Wildman–Crippen LogP) is 2.23.